The minimum atomic E-state index is -0.546. The van der Waals surface area contributed by atoms with Crippen molar-refractivity contribution in [2.24, 2.45) is 0 Å². The number of carbonyl (C=O) groups is 1. The fraction of sp³-hybridized carbons (Fsp3) is 0.458. The number of aliphatic hydroxyl groups is 1. The molecule has 0 spiro atoms. The van der Waals surface area contributed by atoms with Gasteiger partial charge in [-0.15, -0.1) is 0 Å². The highest BCUT2D eigenvalue weighted by atomic mass is 16.5. The molecule has 0 aromatic heterocycles. The smallest absolute Gasteiger partial charge is 0.228 e. The molecule has 1 fully saturated rings. The van der Waals surface area contributed by atoms with Gasteiger partial charge in [0.05, 0.1) is 6.42 Å². The highest BCUT2D eigenvalue weighted by Gasteiger charge is 2.21. The van der Waals surface area contributed by atoms with Crippen LogP contribution in [0.2, 0.25) is 0 Å². The van der Waals surface area contributed by atoms with E-state index in [2.05, 4.69) is 53.2 Å². The van der Waals surface area contributed by atoms with Crippen molar-refractivity contribution in [2.45, 2.75) is 32.3 Å². The third-order valence-electron chi connectivity index (χ3n) is 5.91. The largest absolute Gasteiger partial charge is 0.491 e. The quantitative estimate of drug-likeness (QED) is 0.736. The third kappa shape index (κ3) is 4.94. The van der Waals surface area contributed by atoms with Crippen LogP contribution in [-0.4, -0.2) is 61.3 Å². The average Bonchev–Trinajstić information content (AvgIpc) is 3.12. The Morgan fingerprint density at radius 2 is 1.80 bits per heavy atom. The molecule has 1 amide bonds. The normalized spacial score (nSPS) is 17.7. The number of nitrogens with one attached hydrogen (secondary N) is 1. The molecule has 0 saturated carbocycles. The zero-order valence-electron chi connectivity index (χ0n) is 17.8. The van der Waals surface area contributed by atoms with Gasteiger partial charge in [0, 0.05) is 44.1 Å². The Morgan fingerprint density at radius 3 is 2.50 bits per heavy atom. The van der Waals surface area contributed by atoms with Gasteiger partial charge in [-0.2, -0.15) is 0 Å². The van der Waals surface area contributed by atoms with Gasteiger partial charge in [0.15, 0.2) is 0 Å². The minimum Gasteiger partial charge on any atom is -0.491 e. The molecule has 6 nitrogen and oxygen atoms in total. The molecule has 0 unspecified atom stereocenters. The van der Waals surface area contributed by atoms with Gasteiger partial charge in [0.25, 0.3) is 0 Å². The number of hydrogen-bond acceptors (Lipinski definition) is 5. The summed E-state index contributed by atoms with van der Waals surface area (Å²) in [7, 11) is 0. The Hall–Kier alpha value is -2.57. The summed E-state index contributed by atoms with van der Waals surface area (Å²) in [5.41, 5.74) is 4.44. The summed E-state index contributed by atoms with van der Waals surface area (Å²) in [4.78, 5) is 16.1. The number of carbonyl (C=O) groups excluding carboxylic acids is 1. The maximum absolute atomic E-state index is 11.5. The lowest BCUT2D eigenvalue weighted by Crippen LogP contribution is -2.49. The van der Waals surface area contributed by atoms with Gasteiger partial charge in [0.1, 0.15) is 18.5 Å². The van der Waals surface area contributed by atoms with E-state index >= 15 is 0 Å². The van der Waals surface area contributed by atoms with E-state index in [-0.39, 0.29) is 12.5 Å². The fourth-order valence-corrected chi connectivity index (χ4v) is 4.10. The molecule has 160 valence electrons. The van der Waals surface area contributed by atoms with Gasteiger partial charge >= 0.3 is 0 Å². The van der Waals surface area contributed by atoms with Crippen LogP contribution >= 0.6 is 0 Å². The maximum atomic E-state index is 11.5. The van der Waals surface area contributed by atoms with Crippen LogP contribution in [0.25, 0.3) is 0 Å². The van der Waals surface area contributed by atoms with Crippen LogP contribution in [0, 0.1) is 0 Å². The van der Waals surface area contributed by atoms with Crippen LogP contribution in [0.15, 0.2) is 42.5 Å². The Labute approximate surface area is 178 Å². The van der Waals surface area contributed by atoms with Crippen LogP contribution in [0.5, 0.6) is 5.75 Å². The maximum Gasteiger partial charge on any atom is 0.228 e. The average molecular weight is 410 g/mol. The number of piperazine rings is 1. The lowest BCUT2D eigenvalue weighted by molar-refractivity contribution is -0.115. The van der Waals surface area contributed by atoms with Crippen LogP contribution in [0.4, 0.5) is 11.4 Å². The standard InChI is InChI=1S/C24H31N3O3/c1-17(2)18-3-5-20(6-4-18)27-11-9-26(10-12-27)15-21(28)16-30-22-7-8-23-19(13-22)14-24(29)25-23/h3-8,13,17,21,28H,9-12,14-16H2,1-2H3,(H,25,29)/t21-/m1/s1. The second kappa shape index (κ2) is 9.06. The molecule has 1 saturated heterocycles. The summed E-state index contributed by atoms with van der Waals surface area (Å²) < 4.78 is 5.76. The highest BCUT2D eigenvalue weighted by molar-refractivity contribution is 5.99. The predicted molar refractivity (Wildman–Crippen MR) is 119 cm³/mol. The van der Waals surface area contributed by atoms with E-state index in [4.69, 9.17) is 4.74 Å². The molecule has 30 heavy (non-hydrogen) atoms. The first-order valence-electron chi connectivity index (χ1n) is 10.8. The molecule has 1 atom stereocenters. The molecular formula is C24H31N3O3. The number of ether oxygens (including phenoxy) is 1. The number of amides is 1. The topological polar surface area (TPSA) is 65.0 Å². The van der Waals surface area contributed by atoms with Gasteiger partial charge in [-0.1, -0.05) is 26.0 Å². The van der Waals surface area contributed by atoms with Crippen LogP contribution in [0.1, 0.15) is 30.9 Å². The van der Waals surface area contributed by atoms with E-state index in [1.54, 1.807) is 0 Å². The molecule has 2 aliphatic heterocycles. The molecule has 2 aliphatic rings. The van der Waals surface area contributed by atoms with Gasteiger partial charge < -0.3 is 20.1 Å². The molecule has 6 heteroatoms. The number of anilines is 2. The first kappa shape index (κ1) is 20.7. The van der Waals surface area contributed by atoms with Crippen molar-refractivity contribution in [3.63, 3.8) is 0 Å². The SMILES string of the molecule is CC(C)c1ccc(N2CCN(C[C@@H](O)COc3ccc4c(c3)CC(=O)N4)CC2)cc1. The van der Waals surface area contributed by atoms with E-state index in [0.29, 0.717) is 24.6 Å². The van der Waals surface area contributed by atoms with Crippen molar-refractivity contribution < 1.29 is 14.6 Å². The number of nitrogens with zero attached hydrogens (tertiary/aromatic N) is 2. The Morgan fingerprint density at radius 1 is 1.07 bits per heavy atom. The summed E-state index contributed by atoms with van der Waals surface area (Å²) in [5.74, 6) is 1.26. The van der Waals surface area contributed by atoms with Crippen LogP contribution in [-0.2, 0) is 11.2 Å². The van der Waals surface area contributed by atoms with Crippen molar-refractivity contribution in [1.29, 1.82) is 0 Å². The number of rotatable bonds is 7. The molecule has 2 aromatic rings. The third-order valence-corrected chi connectivity index (χ3v) is 5.91. The Kier molecular flexibility index (Phi) is 6.25. The molecule has 0 aliphatic carbocycles. The Balaban J connectivity index is 1.21. The monoisotopic (exact) mass is 409 g/mol. The second-order valence-corrected chi connectivity index (χ2v) is 8.54. The van der Waals surface area contributed by atoms with E-state index < -0.39 is 6.10 Å². The van der Waals surface area contributed by atoms with Gasteiger partial charge in [-0.25, -0.2) is 0 Å². The van der Waals surface area contributed by atoms with Crippen LogP contribution < -0.4 is 15.0 Å². The van der Waals surface area contributed by atoms with E-state index in [1.165, 1.54) is 11.3 Å². The van der Waals surface area contributed by atoms with Gasteiger partial charge in [0.2, 0.25) is 5.91 Å². The van der Waals surface area contributed by atoms with Crippen molar-refractivity contribution in [3.05, 3.63) is 53.6 Å². The van der Waals surface area contributed by atoms with Crippen LogP contribution in [0.3, 0.4) is 0 Å². The fourth-order valence-electron chi connectivity index (χ4n) is 4.10. The number of β-amino-alcohol motifs (C(OH)–C–C–N with tert-alkyl or cyclic N) is 1. The first-order valence-corrected chi connectivity index (χ1v) is 10.8. The molecule has 2 N–H and O–H groups in total. The Bertz CT molecular complexity index is 874. The van der Waals surface area contributed by atoms with Crippen molar-refractivity contribution in [3.8, 4) is 5.75 Å². The van der Waals surface area contributed by atoms with Crippen molar-refractivity contribution >= 4 is 17.3 Å². The summed E-state index contributed by atoms with van der Waals surface area (Å²) in [5, 5.41) is 13.2. The molecule has 0 radical (unpaired) electrons. The first-order chi connectivity index (χ1) is 14.5. The molecule has 2 heterocycles. The molecular weight excluding hydrogens is 378 g/mol. The highest BCUT2D eigenvalue weighted by Crippen LogP contribution is 2.27. The summed E-state index contributed by atoms with van der Waals surface area (Å²) in [6.45, 7) is 9.05. The van der Waals surface area contributed by atoms with Gasteiger partial charge in [-0.05, 0) is 47.4 Å². The van der Waals surface area contributed by atoms with Crippen molar-refractivity contribution in [1.82, 2.24) is 4.90 Å². The number of hydrogen-bond donors (Lipinski definition) is 2. The van der Waals surface area contributed by atoms with Crippen molar-refractivity contribution in [2.75, 3.05) is 49.5 Å². The van der Waals surface area contributed by atoms with Gasteiger partial charge in [-0.3, -0.25) is 9.69 Å². The zero-order chi connectivity index (χ0) is 21.1. The molecule has 4 rings (SSSR count). The summed E-state index contributed by atoms with van der Waals surface area (Å²) in [6, 6.07) is 14.4. The molecule has 2 aromatic carbocycles. The predicted octanol–water partition coefficient (Wildman–Crippen LogP) is 2.87. The van der Waals surface area contributed by atoms with E-state index in [9.17, 15) is 9.90 Å². The summed E-state index contributed by atoms with van der Waals surface area (Å²) in [6.07, 6.45) is -0.158. The minimum absolute atomic E-state index is 0.0113. The summed E-state index contributed by atoms with van der Waals surface area (Å²) >= 11 is 0. The number of aliphatic hydroxyl groups excluding tert-OH is 1. The van der Waals surface area contributed by atoms with E-state index in [0.717, 1.165) is 37.4 Å². The van der Waals surface area contributed by atoms with E-state index in [1.807, 2.05) is 18.2 Å². The number of fused-ring (bicyclic) bond motifs is 1. The second-order valence-electron chi connectivity index (χ2n) is 8.54. The molecule has 0 bridgehead atoms. The zero-order valence-corrected chi connectivity index (χ0v) is 17.8. The number of benzene rings is 2. The lowest BCUT2D eigenvalue weighted by atomic mass is 10.0. The lowest BCUT2D eigenvalue weighted by Gasteiger charge is -2.37.